The van der Waals surface area contributed by atoms with E-state index in [1.165, 1.54) is 7.11 Å². The van der Waals surface area contributed by atoms with Crippen LogP contribution in [-0.2, 0) is 6.61 Å². The molecule has 0 unspecified atom stereocenters. The van der Waals surface area contributed by atoms with Crippen molar-refractivity contribution >= 4 is 6.29 Å². The average Bonchev–Trinajstić information content (AvgIpc) is 2.67. The second-order valence-corrected chi connectivity index (χ2v) is 5.47. The maximum atomic E-state index is 14.4. The van der Waals surface area contributed by atoms with Crippen molar-refractivity contribution in [2.24, 2.45) is 0 Å². The topological polar surface area (TPSA) is 35.5 Å². The van der Waals surface area contributed by atoms with Crippen LogP contribution >= 0.6 is 0 Å². The van der Waals surface area contributed by atoms with Gasteiger partial charge in [-0.25, -0.2) is 4.39 Å². The molecule has 3 aromatic rings. The molecule has 0 saturated carbocycles. The molecule has 0 saturated heterocycles. The van der Waals surface area contributed by atoms with Crippen molar-refractivity contribution < 1.29 is 18.7 Å². The third-order valence-electron chi connectivity index (χ3n) is 3.87. The molecule has 0 aromatic heterocycles. The molecule has 0 aliphatic carbocycles. The zero-order chi connectivity index (χ0) is 17.6. The summed E-state index contributed by atoms with van der Waals surface area (Å²) in [5, 5.41) is 0. The maximum absolute atomic E-state index is 14.4. The molecule has 0 aliphatic rings. The molecule has 3 nitrogen and oxygen atoms in total. The first kappa shape index (κ1) is 16.7. The van der Waals surface area contributed by atoms with Crippen LogP contribution in [-0.4, -0.2) is 13.4 Å². The predicted molar refractivity (Wildman–Crippen MR) is 94.5 cm³/mol. The van der Waals surface area contributed by atoms with E-state index >= 15 is 0 Å². The van der Waals surface area contributed by atoms with E-state index in [0.29, 0.717) is 35.3 Å². The van der Waals surface area contributed by atoms with Gasteiger partial charge >= 0.3 is 0 Å². The highest BCUT2D eigenvalue weighted by Gasteiger charge is 2.13. The first-order valence-electron chi connectivity index (χ1n) is 7.81. The summed E-state index contributed by atoms with van der Waals surface area (Å²) in [6.45, 7) is 0.356. The number of methoxy groups -OCH3 is 1. The van der Waals surface area contributed by atoms with Gasteiger partial charge in [0.2, 0.25) is 0 Å². The van der Waals surface area contributed by atoms with Crippen LogP contribution in [0.2, 0.25) is 0 Å². The van der Waals surface area contributed by atoms with Crippen LogP contribution in [0, 0.1) is 5.82 Å². The summed E-state index contributed by atoms with van der Waals surface area (Å²) >= 11 is 0. The Morgan fingerprint density at radius 3 is 2.48 bits per heavy atom. The zero-order valence-corrected chi connectivity index (χ0v) is 13.7. The van der Waals surface area contributed by atoms with Crippen LogP contribution in [0.25, 0.3) is 11.1 Å². The quantitative estimate of drug-likeness (QED) is 0.601. The Morgan fingerprint density at radius 1 is 0.960 bits per heavy atom. The average molecular weight is 336 g/mol. The lowest BCUT2D eigenvalue weighted by Crippen LogP contribution is -1.99. The van der Waals surface area contributed by atoms with Crippen molar-refractivity contribution in [1.82, 2.24) is 0 Å². The summed E-state index contributed by atoms with van der Waals surface area (Å²) in [7, 11) is 1.42. The highest BCUT2D eigenvalue weighted by atomic mass is 19.1. The Morgan fingerprint density at radius 2 is 1.76 bits per heavy atom. The molecular weight excluding hydrogens is 319 g/mol. The van der Waals surface area contributed by atoms with E-state index in [1.54, 1.807) is 36.4 Å². The summed E-state index contributed by atoms with van der Waals surface area (Å²) in [5.41, 5.74) is 2.33. The molecule has 4 heteroatoms. The Labute approximate surface area is 145 Å². The van der Waals surface area contributed by atoms with Gasteiger partial charge in [-0.15, -0.1) is 0 Å². The molecule has 0 N–H and O–H groups in total. The summed E-state index contributed by atoms with van der Waals surface area (Å²) in [6, 6.07) is 19.6. The molecule has 3 rings (SSSR count). The van der Waals surface area contributed by atoms with Gasteiger partial charge in [-0.05, 0) is 29.3 Å². The minimum Gasteiger partial charge on any atom is -0.494 e. The lowest BCUT2D eigenvalue weighted by molar-refractivity contribution is 0.111. The molecule has 0 amide bonds. The van der Waals surface area contributed by atoms with Crippen molar-refractivity contribution in [3.63, 3.8) is 0 Å². The van der Waals surface area contributed by atoms with E-state index in [9.17, 15) is 9.18 Å². The molecule has 0 fully saturated rings. The highest BCUT2D eigenvalue weighted by Crippen LogP contribution is 2.31. The highest BCUT2D eigenvalue weighted by molar-refractivity contribution is 5.83. The van der Waals surface area contributed by atoms with Gasteiger partial charge in [0.15, 0.2) is 17.9 Å². The van der Waals surface area contributed by atoms with Crippen LogP contribution in [0.5, 0.6) is 11.5 Å². The second-order valence-electron chi connectivity index (χ2n) is 5.47. The standard InChI is InChI=1S/C21H17FO3/c1-24-20-9-5-8-18(21(20)22)16-10-11-19(17(12-16)13-23)25-14-15-6-3-2-4-7-15/h2-13H,14H2,1H3. The van der Waals surface area contributed by atoms with Crippen LogP contribution < -0.4 is 9.47 Å². The number of rotatable bonds is 6. The predicted octanol–water partition coefficient (Wildman–Crippen LogP) is 4.89. The minimum atomic E-state index is -0.459. The van der Waals surface area contributed by atoms with Crippen molar-refractivity contribution in [2.45, 2.75) is 6.61 Å². The summed E-state index contributed by atoms with van der Waals surface area (Å²) in [6.07, 6.45) is 0.710. The largest absolute Gasteiger partial charge is 0.494 e. The van der Waals surface area contributed by atoms with Gasteiger partial charge in [0.25, 0.3) is 0 Å². The number of carbonyl (C=O) groups excluding carboxylic acids is 1. The fraction of sp³-hybridized carbons (Fsp3) is 0.0952. The van der Waals surface area contributed by atoms with Crippen molar-refractivity contribution in [3.05, 3.63) is 83.7 Å². The Kier molecular flexibility index (Phi) is 5.09. The van der Waals surface area contributed by atoms with Gasteiger partial charge in [-0.3, -0.25) is 4.79 Å². The van der Waals surface area contributed by atoms with Crippen LogP contribution in [0.4, 0.5) is 4.39 Å². The summed E-state index contributed by atoms with van der Waals surface area (Å²) in [4.78, 5) is 11.4. The minimum absolute atomic E-state index is 0.162. The van der Waals surface area contributed by atoms with E-state index in [2.05, 4.69) is 0 Å². The normalized spacial score (nSPS) is 10.3. The van der Waals surface area contributed by atoms with Gasteiger partial charge in [0.05, 0.1) is 12.7 Å². The van der Waals surface area contributed by atoms with Crippen LogP contribution in [0.1, 0.15) is 15.9 Å². The zero-order valence-electron chi connectivity index (χ0n) is 13.7. The van der Waals surface area contributed by atoms with Crippen LogP contribution in [0.15, 0.2) is 66.7 Å². The molecule has 0 heterocycles. The molecule has 0 radical (unpaired) electrons. The number of hydrogen-bond acceptors (Lipinski definition) is 3. The lowest BCUT2D eigenvalue weighted by atomic mass is 10.0. The number of ether oxygens (including phenoxy) is 2. The molecule has 126 valence electrons. The Hall–Kier alpha value is -3.14. The fourth-order valence-corrected chi connectivity index (χ4v) is 2.57. The molecular formula is C21H17FO3. The summed E-state index contributed by atoms with van der Waals surface area (Å²) < 4.78 is 25.2. The molecule has 0 aliphatic heterocycles. The first-order chi connectivity index (χ1) is 12.2. The van der Waals surface area contributed by atoms with E-state index in [4.69, 9.17) is 9.47 Å². The van der Waals surface area contributed by atoms with E-state index in [1.807, 2.05) is 30.3 Å². The molecule has 0 atom stereocenters. The number of aldehydes is 1. The van der Waals surface area contributed by atoms with Gasteiger partial charge in [-0.2, -0.15) is 0 Å². The third-order valence-corrected chi connectivity index (χ3v) is 3.87. The van der Waals surface area contributed by atoms with Crippen molar-refractivity contribution in [1.29, 1.82) is 0 Å². The van der Waals surface area contributed by atoms with Gasteiger partial charge in [0, 0.05) is 5.56 Å². The first-order valence-corrected chi connectivity index (χ1v) is 7.81. The number of halogens is 1. The van der Waals surface area contributed by atoms with Gasteiger partial charge < -0.3 is 9.47 Å². The monoisotopic (exact) mass is 336 g/mol. The molecule has 0 bridgehead atoms. The number of hydrogen-bond donors (Lipinski definition) is 0. The Balaban J connectivity index is 1.88. The van der Waals surface area contributed by atoms with E-state index < -0.39 is 5.82 Å². The Bertz CT molecular complexity index is 876. The molecule has 3 aromatic carbocycles. The SMILES string of the molecule is COc1cccc(-c2ccc(OCc3ccccc3)c(C=O)c2)c1F. The van der Waals surface area contributed by atoms with E-state index in [-0.39, 0.29) is 5.75 Å². The maximum Gasteiger partial charge on any atom is 0.172 e. The van der Waals surface area contributed by atoms with E-state index in [0.717, 1.165) is 5.56 Å². The number of benzene rings is 3. The van der Waals surface area contributed by atoms with Crippen molar-refractivity contribution in [3.8, 4) is 22.6 Å². The molecule has 25 heavy (non-hydrogen) atoms. The third kappa shape index (κ3) is 3.69. The lowest BCUT2D eigenvalue weighted by Gasteiger charge is -2.12. The number of carbonyl (C=O) groups is 1. The second kappa shape index (κ2) is 7.62. The fourth-order valence-electron chi connectivity index (χ4n) is 2.57. The van der Waals surface area contributed by atoms with Gasteiger partial charge in [0.1, 0.15) is 12.4 Å². The molecule has 0 spiro atoms. The smallest absolute Gasteiger partial charge is 0.172 e. The van der Waals surface area contributed by atoms with Crippen LogP contribution in [0.3, 0.4) is 0 Å². The van der Waals surface area contributed by atoms with Crippen molar-refractivity contribution in [2.75, 3.05) is 7.11 Å². The summed E-state index contributed by atoms with van der Waals surface area (Å²) in [5.74, 6) is 0.167. The van der Waals surface area contributed by atoms with Gasteiger partial charge in [-0.1, -0.05) is 48.5 Å².